The molecule has 20 heavy (non-hydrogen) atoms. The third-order valence-electron chi connectivity index (χ3n) is 5.50. The van der Waals surface area contributed by atoms with Gasteiger partial charge in [0, 0.05) is 0 Å². The Hall–Kier alpha value is -1.30. The van der Waals surface area contributed by atoms with Crippen LogP contribution in [0.2, 0.25) is 0 Å². The molecule has 2 aliphatic carbocycles. The molecular formula is C20H26. The summed E-state index contributed by atoms with van der Waals surface area (Å²) in [4.78, 5) is 0. The van der Waals surface area contributed by atoms with E-state index in [1.807, 2.05) is 0 Å². The lowest BCUT2D eigenvalue weighted by molar-refractivity contribution is 0.366. The third kappa shape index (κ3) is 2.26. The molecule has 0 amide bonds. The molecule has 1 fully saturated rings. The van der Waals surface area contributed by atoms with E-state index in [-0.39, 0.29) is 0 Å². The average Bonchev–Trinajstić information content (AvgIpc) is 2.81. The van der Waals surface area contributed by atoms with Crippen molar-refractivity contribution in [2.75, 3.05) is 0 Å². The molecule has 0 aromatic heterocycles. The van der Waals surface area contributed by atoms with E-state index in [0.29, 0.717) is 0 Å². The summed E-state index contributed by atoms with van der Waals surface area (Å²) in [5, 5.41) is 0. The van der Waals surface area contributed by atoms with Crippen molar-refractivity contribution in [2.24, 2.45) is 17.8 Å². The van der Waals surface area contributed by atoms with Crippen LogP contribution in [-0.4, -0.2) is 0 Å². The van der Waals surface area contributed by atoms with E-state index >= 15 is 0 Å². The highest BCUT2D eigenvalue weighted by Gasteiger charge is 2.41. The largest absolute Gasteiger partial charge is 0.0808 e. The summed E-state index contributed by atoms with van der Waals surface area (Å²) in [6, 6.07) is 6.87. The van der Waals surface area contributed by atoms with Gasteiger partial charge in [-0.2, -0.15) is 0 Å². The van der Waals surface area contributed by atoms with Crippen molar-refractivity contribution in [1.29, 1.82) is 0 Å². The summed E-state index contributed by atoms with van der Waals surface area (Å²) in [5.41, 5.74) is 4.57. The maximum absolute atomic E-state index is 2.47. The summed E-state index contributed by atoms with van der Waals surface area (Å²) >= 11 is 0. The van der Waals surface area contributed by atoms with Gasteiger partial charge in [0.2, 0.25) is 0 Å². The second kappa shape index (κ2) is 5.60. The van der Waals surface area contributed by atoms with Crippen LogP contribution in [0.1, 0.15) is 48.8 Å². The molecule has 2 aliphatic rings. The molecule has 0 nitrogen and oxygen atoms in total. The van der Waals surface area contributed by atoms with Crippen LogP contribution in [0.15, 0.2) is 42.5 Å². The molecule has 1 aromatic carbocycles. The Morgan fingerprint density at radius 2 is 1.90 bits per heavy atom. The van der Waals surface area contributed by atoms with Crippen LogP contribution in [-0.2, 0) is 0 Å². The van der Waals surface area contributed by atoms with Crippen LogP contribution < -0.4 is 0 Å². The second-order valence-corrected chi connectivity index (χ2v) is 6.59. The smallest absolute Gasteiger partial charge is 0.0119 e. The monoisotopic (exact) mass is 266 g/mol. The van der Waals surface area contributed by atoms with Crippen LogP contribution in [0.4, 0.5) is 0 Å². The van der Waals surface area contributed by atoms with Crippen molar-refractivity contribution in [3.8, 4) is 0 Å². The SMILES string of the molecule is CCCC1C(c2cccc(C)c2C)CC2C=CC=CC21. The van der Waals surface area contributed by atoms with Crippen LogP contribution in [0.25, 0.3) is 0 Å². The maximum Gasteiger partial charge on any atom is -0.0119 e. The summed E-state index contributed by atoms with van der Waals surface area (Å²) in [5.74, 6) is 3.11. The van der Waals surface area contributed by atoms with E-state index in [0.717, 1.165) is 23.7 Å². The van der Waals surface area contributed by atoms with Crippen LogP contribution in [0, 0.1) is 31.6 Å². The molecule has 0 aliphatic heterocycles. The van der Waals surface area contributed by atoms with Gasteiger partial charge < -0.3 is 0 Å². The number of fused-ring (bicyclic) bond motifs is 1. The first-order chi connectivity index (χ1) is 9.72. The lowest BCUT2D eigenvalue weighted by atomic mass is 9.79. The Labute approximate surface area is 123 Å². The quantitative estimate of drug-likeness (QED) is 0.671. The zero-order valence-corrected chi connectivity index (χ0v) is 13.0. The highest BCUT2D eigenvalue weighted by molar-refractivity contribution is 5.38. The maximum atomic E-state index is 2.47. The van der Waals surface area contributed by atoms with E-state index in [4.69, 9.17) is 0 Å². The van der Waals surface area contributed by atoms with Crippen molar-refractivity contribution in [3.05, 3.63) is 59.2 Å². The Morgan fingerprint density at radius 1 is 1.10 bits per heavy atom. The minimum Gasteiger partial charge on any atom is -0.0808 e. The van der Waals surface area contributed by atoms with Gasteiger partial charge in [-0.05, 0) is 67.1 Å². The zero-order chi connectivity index (χ0) is 14.1. The summed E-state index contributed by atoms with van der Waals surface area (Å²) < 4.78 is 0. The molecule has 1 saturated carbocycles. The molecule has 0 heteroatoms. The van der Waals surface area contributed by atoms with E-state index in [9.17, 15) is 0 Å². The minimum atomic E-state index is 0.747. The first kappa shape index (κ1) is 13.7. The molecule has 0 N–H and O–H groups in total. The molecule has 0 bridgehead atoms. The van der Waals surface area contributed by atoms with Gasteiger partial charge in [-0.15, -0.1) is 0 Å². The van der Waals surface area contributed by atoms with Crippen molar-refractivity contribution in [2.45, 2.75) is 46.0 Å². The first-order valence-corrected chi connectivity index (χ1v) is 8.13. The molecule has 0 saturated heterocycles. The molecule has 0 radical (unpaired) electrons. The molecular weight excluding hydrogens is 240 g/mol. The Morgan fingerprint density at radius 3 is 2.70 bits per heavy atom. The van der Waals surface area contributed by atoms with E-state index in [1.165, 1.54) is 30.4 Å². The Balaban J connectivity index is 1.97. The fraction of sp³-hybridized carbons (Fsp3) is 0.500. The number of allylic oxidation sites excluding steroid dienone is 4. The molecule has 1 aromatic rings. The fourth-order valence-corrected chi connectivity index (χ4v) is 4.36. The van der Waals surface area contributed by atoms with E-state index < -0.39 is 0 Å². The summed E-state index contributed by atoms with van der Waals surface area (Å²) in [6.45, 7) is 6.88. The minimum absolute atomic E-state index is 0.747. The number of aryl methyl sites for hydroxylation is 1. The Bertz CT molecular complexity index is 535. The Kier molecular flexibility index (Phi) is 3.83. The predicted molar refractivity (Wildman–Crippen MR) is 86.9 cm³/mol. The van der Waals surface area contributed by atoms with Gasteiger partial charge in [-0.25, -0.2) is 0 Å². The molecule has 4 unspecified atom stereocenters. The molecule has 0 heterocycles. The lowest BCUT2D eigenvalue weighted by Gasteiger charge is -2.26. The van der Waals surface area contributed by atoms with E-state index in [1.54, 1.807) is 5.56 Å². The standard InChI is InChI=1S/C20H26/c1-4-8-19-18-11-6-5-10-16(18)13-20(19)17-12-7-9-14(2)15(17)3/h5-7,9-12,16,18-20H,4,8,13H2,1-3H3. The topological polar surface area (TPSA) is 0 Å². The third-order valence-corrected chi connectivity index (χ3v) is 5.50. The van der Waals surface area contributed by atoms with Crippen LogP contribution >= 0.6 is 0 Å². The van der Waals surface area contributed by atoms with Crippen LogP contribution in [0.3, 0.4) is 0 Å². The van der Waals surface area contributed by atoms with Gasteiger partial charge in [-0.1, -0.05) is 55.8 Å². The van der Waals surface area contributed by atoms with Crippen molar-refractivity contribution < 1.29 is 0 Å². The van der Waals surface area contributed by atoms with Gasteiger partial charge in [0.1, 0.15) is 0 Å². The van der Waals surface area contributed by atoms with E-state index in [2.05, 4.69) is 63.3 Å². The van der Waals surface area contributed by atoms with Crippen molar-refractivity contribution in [3.63, 3.8) is 0 Å². The normalized spacial score (nSPS) is 31.6. The summed E-state index contributed by atoms with van der Waals surface area (Å²) in [7, 11) is 0. The zero-order valence-electron chi connectivity index (χ0n) is 13.0. The predicted octanol–water partition coefficient (Wildman–Crippen LogP) is 5.57. The van der Waals surface area contributed by atoms with Crippen molar-refractivity contribution in [1.82, 2.24) is 0 Å². The number of rotatable bonds is 3. The molecule has 3 rings (SSSR count). The molecule has 106 valence electrons. The number of hydrogen-bond donors (Lipinski definition) is 0. The highest BCUT2D eigenvalue weighted by atomic mass is 14.5. The van der Waals surface area contributed by atoms with Gasteiger partial charge in [0.25, 0.3) is 0 Å². The fourth-order valence-electron chi connectivity index (χ4n) is 4.36. The van der Waals surface area contributed by atoms with Gasteiger partial charge in [0.05, 0.1) is 0 Å². The summed E-state index contributed by atoms with van der Waals surface area (Å²) in [6.07, 6.45) is 13.4. The average molecular weight is 266 g/mol. The molecule has 0 spiro atoms. The van der Waals surface area contributed by atoms with Gasteiger partial charge in [0.15, 0.2) is 0 Å². The van der Waals surface area contributed by atoms with Crippen LogP contribution in [0.5, 0.6) is 0 Å². The first-order valence-electron chi connectivity index (χ1n) is 8.13. The number of hydrogen-bond acceptors (Lipinski definition) is 0. The number of benzene rings is 1. The van der Waals surface area contributed by atoms with Gasteiger partial charge in [-0.3, -0.25) is 0 Å². The van der Waals surface area contributed by atoms with Crippen molar-refractivity contribution >= 4 is 0 Å². The van der Waals surface area contributed by atoms with Gasteiger partial charge >= 0.3 is 0 Å². The molecule has 4 atom stereocenters. The lowest BCUT2D eigenvalue weighted by Crippen LogP contribution is -2.16. The second-order valence-electron chi connectivity index (χ2n) is 6.59. The highest BCUT2D eigenvalue weighted by Crippen LogP contribution is 2.51.